The summed E-state index contributed by atoms with van der Waals surface area (Å²) < 4.78 is 1.69. The zero-order valence-corrected chi connectivity index (χ0v) is 11.6. The number of hydrogen-bond donors (Lipinski definition) is 1. The number of fused-ring (bicyclic) bond motifs is 2. The lowest BCUT2D eigenvalue weighted by molar-refractivity contribution is 0.104. The van der Waals surface area contributed by atoms with Gasteiger partial charge in [-0.25, -0.2) is 0 Å². The third-order valence-electron chi connectivity index (χ3n) is 3.73. The molecular formula is C15H10ClN3O2. The van der Waals surface area contributed by atoms with Crippen LogP contribution in [0.1, 0.15) is 15.9 Å². The van der Waals surface area contributed by atoms with Crippen LogP contribution in [0, 0.1) is 0 Å². The van der Waals surface area contributed by atoms with Crippen molar-refractivity contribution in [3.63, 3.8) is 0 Å². The quantitative estimate of drug-likeness (QED) is 0.616. The fraction of sp³-hybridized carbons (Fsp3) is 0.133. The zero-order chi connectivity index (χ0) is 14.6. The van der Waals surface area contributed by atoms with Gasteiger partial charge in [0.25, 0.3) is 0 Å². The van der Waals surface area contributed by atoms with E-state index in [1.807, 2.05) is 6.07 Å². The maximum Gasteiger partial charge on any atom is 0.196 e. The molecule has 0 saturated heterocycles. The van der Waals surface area contributed by atoms with Crippen molar-refractivity contribution in [2.75, 3.05) is 6.61 Å². The Bertz CT molecular complexity index is 901. The van der Waals surface area contributed by atoms with Crippen molar-refractivity contribution in [2.45, 2.75) is 6.54 Å². The third-order valence-corrected chi connectivity index (χ3v) is 4.04. The summed E-state index contributed by atoms with van der Waals surface area (Å²) in [5.74, 6) is -0.112. The topological polar surface area (TPSA) is 68.0 Å². The molecule has 21 heavy (non-hydrogen) atoms. The van der Waals surface area contributed by atoms with Crippen molar-refractivity contribution in [3.05, 3.63) is 46.7 Å². The van der Waals surface area contributed by atoms with Gasteiger partial charge in [0, 0.05) is 28.9 Å². The van der Waals surface area contributed by atoms with E-state index < -0.39 is 0 Å². The Kier molecular flexibility index (Phi) is 2.60. The van der Waals surface area contributed by atoms with E-state index in [1.54, 1.807) is 29.2 Å². The Hall–Kier alpha value is -2.24. The molecule has 0 atom stereocenters. The van der Waals surface area contributed by atoms with Gasteiger partial charge in [0.2, 0.25) is 0 Å². The maximum absolute atomic E-state index is 12.7. The molecule has 0 unspecified atom stereocenters. The minimum Gasteiger partial charge on any atom is -0.394 e. The summed E-state index contributed by atoms with van der Waals surface area (Å²) >= 11 is 6.23. The summed E-state index contributed by atoms with van der Waals surface area (Å²) in [5.41, 5.74) is 3.23. The number of nitrogens with zero attached hydrogens (tertiary/aromatic N) is 3. The standard InChI is InChI=1S/C15H10ClN3O2/c16-10-1-2-11-13-12(10)15(21)8-3-4-17-7-9(8)14(13)18-19(11)5-6-20/h1-4,7,20H,5-6H2. The Balaban J connectivity index is 2.18. The minimum absolute atomic E-state index is 0.0258. The van der Waals surface area contributed by atoms with E-state index >= 15 is 0 Å². The largest absolute Gasteiger partial charge is 0.394 e. The molecule has 0 saturated carbocycles. The van der Waals surface area contributed by atoms with Crippen molar-refractivity contribution < 1.29 is 9.90 Å². The Morgan fingerprint density at radius 3 is 2.90 bits per heavy atom. The number of ketones is 1. The highest BCUT2D eigenvalue weighted by Crippen LogP contribution is 2.41. The maximum atomic E-state index is 12.7. The fourth-order valence-electron chi connectivity index (χ4n) is 2.84. The van der Waals surface area contributed by atoms with Crippen LogP contribution in [0.3, 0.4) is 0 Å². The normalized spacial score (nSPS) is 12.8. The van der Waals surface area contributed by atoms with Crippen LogP contribution in [0.5, 0.6) is 0 Å². The Labute approximate surface area is 124 Å². The summed E-state index contributed by atoms with van der Waals surface area (Å²) in [4.78, 5) is 16.8. The molecule has 6 heteroatoms. The van der Waals surface area contributed by atoms with Crippen LogP contribution in [0.25, 0.3) is 22.2 Å². The third kappa shape index (κ3) is 1.58. The summed E-state index contributed by atoms with van der Waals surface area (Å²) in [6.45, 7) is 0.337. The van der Waals surface area contributed by atoms with Crippen LogP contribution in [0.2, 0.25) is 5.02 Å². The van der Waals surface area contributed by atoms with Crippen molar-refractivity contribution in [1.82, 2.24) is 14.8 Å². The molecule has 2 aromatic heterocycles. The van der Waals surface area contributed by atoms with Gasteiger partial charge in [0.15, 0.2) is 5.78 Å². The van der Waals surface area contributed by atoms with E-state index in [9.17, 15) is 9.90 Å². The zero-order valence-electron chi connectivity index (χ0n) is 10.9. The monoisotopic (exact) mass is 299 g/mol. The number of halogens is 1. The highest BCUT2D eigenvalue weighted by atomic mass is 35.5. The highest BCUT2D eigenvalue weighted by molar-refractivity contribution is 6.39. The van der Waals surface area contributed by atoms with E-state index in [0.717, 1.165) is 10.9 Å². The van der Waals surface area contributed by atoms with Crippen LogP contribution >= 0.6 is 11.6 Å². The molecular weight excluding hydrogens is 290 g/mol. The van der Waals surface area contributed by atoms with Gasteiger partial charge in [0.1, 0.15) is 5.69 Å². The van der Waals surface area contributed by atoms with E-state index in [4.69, 9.17) is 11.6 Å². The van der Waals surface area contributed by atoms with E-state index in [1.165, 1.54) is 0 Å². The van der Waals surface area contributed by atoms with Crippen molar-refractivity contribution in [2.24, 2.45) is 0 Å². The van der Waals surface area contributed by atoms with Gasteiger partial charge in [-0.15, -0.1) is 0 Å². The average molecular weight is 300 g/mol. The number of rotatable bonds is 2. The molecule has 0 fully saturated rings. The second kappa shape index (κ2) is 4.38. The van der Waals surface area contributed by atoms with E-state index in [-0.39, 0.29) is 12.4 Å². The molecule has 3 aromatic rings. The number of aliphatic hydroxyl groups is 1. The van der Waals surface area contributed by atoms with Crippen LogP contribution in [-0.2, 0) is 6.54 Å². The summed E-state index contributed by atoms with van der Waals surface area (Å²) in [6.07, 6.45) is 3.22. The summed E-state index contributed by atoms with van der Waals surface area (Å²) in [7, 11) is 0. The van der Waals surface area contributed by atoms with Gasteiger partial charge in [-0.1, -0.05) is 11.6 Å². The molecule has 2 heterocycles. The molecule has 4 rings (SSSR count). The van der Waals surface area contributed by atoms with Gasteiger partial charge in [-0.2, -0.15) is 5.10 Å². The second-order valence-corrected chi connectivity index (χ2v) is 5.27. The number of carbonyl (C=O) groups excluding carboxylic acids is 1. The lowest BCUT2D eigenvalue weighted by atomic mass is 9.88. The van der Waals surface area contributed by atoms with E-state index in [0.29, 0.717) is 34.0 Å². The number of pyridine rings is 1. The molecule has 5 nitrogen and oxygen atoms in total. The van der Waals surface area contributed by atoms with Gasteiger partial charge in [-0.3, -0.25) is 14.5 Å². The van der Waals surface area contributed by atoms with Crippen LogP contribution in [-0.4, -0.2) is 32.3 Å². The second-order valence-electron chi connectivity index (χ2n) is 4.86. The lowest BCUT2D eigenvalue weighted by Gasteiger charge is -2.14. The minimum atomic E-state index is -0.112. The first-order valence-electron chi connectivity index (χ1n) is 6.51. The first kappa shape index (κ1) is 12.5. The first-order valence-corrected chi connectivity index (χ1v) is 6.89. The molecule has 0 amide bonds. The number of aliphatic hydroxyl groups excluding tert-OH is 1. The van der Waals surface area contributed by atoms with Gasteiger partial charge < -0.3 is 5.11 Å². The Morgan fingerprint density at radius 1 is 1.24 bits per heavy atom. The highest BCUT2D eigenvalue weighted by Gasteiger charge is 2.30. The molecule has 1 N–H and O–H groups in total. The molecule has 0 radical (unpaired) electrons. The van der Waals surface area contributed by atoms with Crippen LogP contribution in [0.15, 0.2) is 30.6 Å². The molecule has 1 aliphatic rings. The van der Waals surface area contributed by atoms with Gasteiger partial charge in [-0.05, 0) is 18.2 Å². The molecule has 0 aliphatic heterocycles. The summed E-state index contributed by atoms with van der Waals surface area (Å²) in [6, 6.07) is 5.20. The van der Waals surface area contributed by atoms with Crippen molar-refractivity contribution in [3.8, 4) is 11.3 Å². The predicted octanol–water partition coefficient (Wildman–Crippen LogP) is 2.29. The van der Waals surface area contributed by atoms with Crippen LogP contribution < -0.4 is 0 Å². The van der Waals surface area contributed by atoms with Gasteiger partial charge >= 0.3 is 0 Å². The number of hydrogen-bond acceptors (Lipinski definition) is 4. The van der Waals surface area contributed by atoms with Crippen molar-refractivity contribution >= 4 is 28.3 Å². The van der Waals surface area contributed by atoms with E-state index in [2.05, 4.69) is 10.1 Å². The predicted molar refractivity (Wildman–Crippen MR) is 78.5 cm³/mol. The first-order chi connectivity index (χ1) is 10.2. The SMILES string of the molecule is O=C1c2ccncc2-c2nn(CCO)c3ccc(Cl)c1c23. The molecule has 0 bridgehead atoms. The smallest absolute Gasteiger partial charge is 0.196 e. The summed E-state index contributed by atoms with van der Waals surface area (Å²) in [5, 5.41) is 14.9. The van der Waals surface area contributed by atoms with Crippen molar-refractivity contribution in [1.29, 1.82) is 0 Å². The lowest BCUT2D eigenvalue weighted by Crippen LogP contribution is -2.10. The molecule has 104 valence electrons. The average Bonchev–Trinajstić information content (AvgIpc) is 2.85. The number of aromatic nitrogens is 3. The van der Waals surface area contributed by atoms with Gasteiger partial charge in [0.05, 0.1) is 29.3 Å². The number of benzene rings is 1. The van der Waals surface area contributed by atoms with Crippen LogP contribution in [0.4, 0.5) is 0 Å². The molecule has 0 spiro atoms. The molecule has 1 aliphatic carbocycles. The Morgan fingerprint density at radius 2 is 2.10 bits per heavy atom. The molecule has 1 aromatic carbocycles. The fourth-order valence-corrected chi connectivity index (χ4v) is 3.08. The number of carbonyl (C=O) groups is 1.